The first-order chi connectivity index (χ1) is 9.60. The highest BCUT2D eigenvalue weighted by atomic mass is 79.9. The average Bonchev–Trinajstić information content (AvgIpc) is 3.02. The number of hydrogen-bond donors (Lipinski definition) is 3. The number of phenolic OH excluding ortho intramolecular Hbond substituents is 1. The molecule has 0 heterocycles. The van der Waals surface area contributed by atoms with Gasteiger partial charge in [0.15, 0.2) is 0 Å². The van der Waals surface area contributed by atoms with Gasteiger partial charge in [0.1, 0.15) is 5.75 Å². The van der Waals surface area contributed by atoms with Crippen LogP contribution in [0, 0.1) is 17.8 Å². The molecule has 1 aromatic carbocycles. The van der Waals surface area contributed by atoms with Crippen LogP contribution < -0.4 is 5.32 Å². The Kier molecular flexibility index (Phi) is 3.73. The Morgan fingerprint density at radius 1 is 1.35 bits per heavy atom. The van der Waals surface area contributed by atoms with Gasteiger partial charge in [-0.2, -0.15) is 0 Å². The van der Waals surface area contributed by atoms with E-state index in [0.29, 0.717) is 21.9 Å². The number of halogens is 1. The molecule has 2 aliphatic rings. The second kappa shape index (κ2) is 5.37. The lowest BCUT2D eigenvalue weighted by Gasteiger charge is -2.30. The Labute approximate surface area is 126 Å². The van der Waals surface area contributed by atoms with E-state index in [-0.39, 0.29) is 30.2 Å². The van der Waals surface area contributed by atoms with E-state index in [4.69, 9.17) is 0 Å². The zero-order chi connectivity index (χ0) is 14.3. The first kappa shape index (κ1) is 13.9. The summed E-state index contributed by atoms with van der Waals surface area (Å²) in [5, 5.41) is 22.2. The van der Waals surface area contributed by atoms with E-state index in [2.05, 4.69) is 21.2 Å². The molecular weight excluding hydrogens is 322 g/mol. The van der Waals surface area contributed by atoms with Crippen LogP contribution in [0.5, 0.6) is 5.75 Å². The fourth-order valence-electron chi connectivity index (χ4n) is 3.79. The monoisotopic (exact) mass is 339 g/mol. The number of aliphatic hydroxyl groups excluding tert-OH is 1. The molecule has 1 aromatic rings. The van der Waals surface area contributed by atoms with Crippen molar-refractivity contribution in [2.75, 3.05) is 6.61 Å². The molecule has 0 spiro atoms. The molecule has 0 radical (unpaired) electrons. The van der Waals surface area contributed by atoms with Gasteiger partial charge in [0.05, 0.1) is 4.47 Å². The Bertz CT molecular complexity index is 534. The summed E-state index contributed by atoms with van der Waals surface area (Å²) < 4.78 is 0.571. The minimum atomic E-state index is -0.177. The topological polar surface area (TPSA) is 69.6 Å². The minimum Gasteiger partial charge on any atom is -0.507 e. The molecular formula is C15H18BrNO3. The molecule has 3 N–H and O–H groups in total. The summed E-state index contributed by atoms with van der Waals surface area (Å²) in [6.45, 7) is 0.137. The normalized spacial score (nSPS) is 31.5. The van der Waals surface area contributed by atoms with Crippen LogP contribution >= 0.6 is 15.9 Å². The van der Waals surface area contributed by atoms with Crippen LogP contribution in [0.1, 0.15) is 29.6 Å². The van der Waals surface area contributed by atoms with Crippen molar-refractivity contribution < 1.29 is 15.0 Å². The van der Waals surface area contributed by atoms with Gasteiger partial charge >= 0.3 is 0 Å². The molecule has 0 saturated heterocycles. The number of fused-ring (bicyclic) bond motifs is 2. The van der Waals surface area contributed by atoms with Crippen molar-refractivity contribution in [3.05, 3.63) is 28.2 Å². The Morgan fingerprint density at radius 2 is 2.10 bits per heavy atom. The maximum Gasteiger partial charge on any atom is 0.251 e. The van der Waals surface area contributed by atoms with Crippen molar-refractivity contribution in [2.24, 2.45) is 17.8 Å². The molecule has 4 nitrogen and oxygen atoms in total. The van der Waals surface area contributed by atoms with Crippen molar-refractivity contribution in [1.82, 2.24) is 5.32 Å². The maximum absolute atomic E-state index is 12.3. The molecule has 3 rings (SSSR count). The van der Waals surface area contributed by atoms with E-state index in [1.54, 1.807) is 12.1 Å². The number of amides is 1. The van der Waals surface area contributed by atoms with Crippen LogP contribution in [0.3, 0.4) is 0 Å². The fraction of sp³-hybridized carbons (Fsp3) is 0.533. The third kappa shape index (κ3) is 2.33. The average molecular weight is 340 g/mol. The van der Waals surface area contributed by atoms with E-state index < -0.39 is 0 Å². The second-order valence-corrected chi connectivity index (χ2v) is 6.70. The molecule has 2 bridgehead atoms. The Hall–Kier alpha value is -1.07. The van der Waals surface area contributed by atoms with Gasteiger partial charge in [-0.15, -0.1) is 0 Å². The summed E-state index contributed by atoms with van der Waals surface area (Å²) in [5.41, 5.74) is 0.449. The van der Waals surface area contributed by atoms with Crippen LogP contribution in [-0.4, -0.2) is 28.8 Å². The molecule has 0 aliphatic heterocycles. The molecule has 2 saturated carbocycles. The predicted octanol–water partition coefficient (Wildman–Crippen LogP) is 2.29. The second-order valence-electron chi connectivity index (χ2n) is 5.85. The third-order valence-corrected chi connectivity index (χ3v) is 5.48. The number of rotatable bonds is 3. The molecule has 1 amide bonds. The summed E-state index contributed by atoms with van der Waals surface area (Å²) in [4.78, 5) is 12.3. The largest absolute Gasteiger partial charge is 0.507 e. The van der Waals surface area contributed by atoms with Gasteiger partial charge in [-0.25, -0.2) is 0 Å². The van der Waals surface area contributed by atoms with Crippen molar-refractivity contribution in [3.63, 3.8) is 0 Å². The zero-order valence-electron chi connectivity index (χ0n) is 11.1. The van der Waals surface area contributed by atoms with E-state index >= 15 is 0 Å². The smallest absolute Gasteiger partial charge is 0.251 e. The van der Waals surface area contributed by atoms with Crippen molar-refractivity contribution in [3.8, 4) is 5.75 Å². The standard InChI is InChI=1S/C15H18BrNO3/c16-12-4-3-10(6-13(12)19)15(20)17-14-9-2-1-8(5-9)11(14)7-18/h3-4,6,8-9,11,14,18-19H,1-2,5,7H2,(H,17,20). The van der Waals surface area contributed by atoms with Crippen LogP contribution in [0.2, 0.25) is 0 Å². The van der Waals surface area contributed by atoms with E-state index in [1.807, 2.05) is 0 Å². The van der Waals surface area contributed by atoms with Gasteiger partial charge in [0.2, 0.25) is 0 Å². The molecule has 4 atom stereocenters. The van der Waals surface area contributed by atoms with Crippen LogP contribution in [-0.2, 0) is 0 Å². The lowest BCUT2D eigenvalue weighted by atomic mass is 9.85. The summed E-state index contributed by atoms with van der Waals surface area (Å²) in [5.74, 6) is 1.11. The maximum atomic E-state index is 12.3. The van der Waals surface area contributed by atoms with E-state index in [1.165, 1.54) is 12.5 Å². The summed E-state index contributed by atoms with van der Waals surface area (Å²) in [6.07, 6.45) is 3.42. The van der Waals surface area contributed by atoms with E-state index in [9.17, 15) is 15.0 Å². The molecule has 20 heavy (non-hydrogen) atoms. The molecule has 5 heteroatoms. The van der Waals surface area contributed by atoms with Gasteiger partial charge in [-0.05, 0) is 65.2 Å². The van der Waals surface area contributed by atoms with Crippen LogP contribution in [0.4, 0.5) is 0 Å². The number of benzene rings is 1. The lowest BCUT2D eigenvalue weighted by Crippen LogP contribution is -2.45. The highest BCUT2D eigenvalue weighted by Gasteiger charge is 2.47. The highest BCUT2D eigenvalue weighted by molar-refractivity contribution is 9.10. The summed E-state index contributed by atoms with van der Waals surface area (Å²) in [7, 11) is 0. The Balaban J connectivity index is 1.74. The zero-order valence-corrected chi connectivity index (χ0v) is 12.6. The number of hydrogen-bond acceptors (Lipinski definition) is 3. The van der Waals surface area contributed by atoms with Crippen molar-refractivity contribution in [1.29, 1.82) is 0 Å². The van der Waals surface area contributed by atoms with Gasteiger partial charge in [-0.3, -0.25) is 4.79 Å². The molecule has 2 aliphatic carbocycles. The van der Waals surface area contributed by atoms with Crippen LogP contribution in [0.15, 0.2) is 22.7 Å². The lowest BCUT2D eigenvalue weighted by molar-refractivity contribution is 0.0861. The first-order valence-electron chi connectivity index (χ1n) is 7.00. The molecule has 4 unspecified atom stereocenters. The van der Waals surface area contributed by atoms with Crippen LogP contribution in [0.25, 0.3) is 0 Å². The molecule has 2 fully saturated rings. The third-order valence-electron chi connectivity index (χ3n) is 4.81. The predicted molar refractivity (Wildman–Crippen MR) is 78.5 cm³/mol. The fourth-order valence-corrected chi connectivity index (χ4v) is 4.03. The molecule has 0 aromatic heterocycles. The summed E-state index contributed by atoms with van der Waals surface area (Å²) >= 11 is 3.20. The quantitative estimate of drug-likeness (QED) is 0.791. The number of carbonyl (C=O) groups excluding carboxylic acids is 1. The number of phenols is 1. The number of aromatic hydroxyl groups is 1. The van der Waals surface area contributed by atoms with Gasteiger partial charge in [0.25, 0.3) is 5.91 Å². The molecule has 108 valence electrons. The number of carbonyl (C=O) groups is 1. The van der Waals surface area contributed by atoms with Gasteiger partial charge in [-0.1, -0.05) is 0 Å². The SMILES string of the molecule is O=C(NC1C2CCC(C2)C1CO)c1ccc(Br)c(O)c1. The highest BCUT2D eigenvalue weighted by Crippen LogP contribution is 2.48. The number of aliphatic hydroxyl groups is 1. The van der Waals surface area contributed by atoms with Gasteiger partial charge < -0.3 is 15.5 Å². The summed E-state index contributed by atoms with van der Waals surface area (Å²) in [6, 6.07) is 4.87. The minimum absolute atomic E-state index is 0.0595. The van der Waals surface area contributed by atoms with Crippen molar-refractivity contribution in [2.45, 2.75) is 25.3 Å². The van der Waals surface area contributed by atoms with Crippen molar-refractivity contribution >= 4 is 21.8 Å². The van der Waals surface area contributed by atoms with E-state index in [0.717, 1.165) is 12.8 Å². The number of nitrogens with one attached hydrogen (secondary N) is 1. The first-order valence-corrected chi connectivity index (χ1v) is 7.79. The van der Waals surface area contributed by atoms with Gasteiger partial charge in [0, 0.05) is 24.1 Å². The Morgan fingerprint density at radius 3 is 2.80 bits per heavy atom.